The molecule has 0 bridgehead atoms. The van der Waals surface area contributed by atoms with E-state index in [4.69, 9.17) is 5.26 Å². The predicted molar refractivity (Wildman–Crippen MR) is 63.3 cm³/mol. The Balaban J connectivity index is 2.40. The molecule has 1 N–H and O–H groups in total. The van der Waals surface area contributed by atoms with E-state index in [0.29, 0.717) is 5.69 Å². The van der Waals surface area contributed by atoms with Gasteiger partial charge in [0, 0.05) is 6.20 Å². The monoisotopic (exact) mass is 245 g/mol. The molecule has 18 heavy (non-hydrogen) atoms. The largest absolute Gasteiger partial charge is 0.352 e. The van der Waals surface area contributed by atoms with Gasteiger partial charge in [0.2, 0.25) is 0 Å². The molecule has 0 atom stereocenters. The van der Waals surface area contributed by atoms with Crippen molar-refractivity contribution >= 4 is 11.4 Å². The summed E-state index contributed by atoms with van der Waals surface area (Å²) < 4.78 is 27.1. The van der Waals surface area contributed by atoms with Crippen molar-refractivity contribution in [2.45, 2.75) is 6.92 Å². The van der Waals surface area contributed by atoms with Gasteiger partial charge in [0.1, 0.15) is 6.07 Å². The summed E-state index contributed by atoms with van der Waals surface area (Å²) in [6.45, 7) is 1.82. The highest BCUT2D eigenvalue weighted by atomic mass is 19.2. The van der Waals surface area contributed by atoms with E-state index in [1.54, 1.807) is 18.3 Å². The van der Waals surface area contributed by atoms with Gasteiger partial charge in [-0.25, -0.2) is 8.78 Å². The van der Waals surface area contributed by atoms with Crippen molar-refractivity contribution in [3.63, 3.8) is 0 Å². The van der Waals surface area contributed by atoms with Crippen LogP contribution in [0.1, 0.15) is 11.1 Å². The first kappa shape index (κ1) is 12.0. The summed E-state index contributed by atoms with van der Waals surface area (Å²) in [5, 5.41) is 11.3. The van der Waals surface area contributed by atoms with Crippen molar-refractivity contribution in [2.24, 2.45) is 0 Å². The van der Waals surface area contributed by atoms with E-state index in [9.17, 15) is 8.78 Å². The van der Waals surface area contributed by atoms with Crippen LogP contribution in [-0.4, -0.2) is 4.98 Å². The summed E-state index contributed by atoms with van der Waals surface area (Å²) in [5.41, 5.74) is 1.10. The van der Waals surface area contributed by atoms with Crippen LogP contribution in [0.3, 0.4) is 0 Å². The fraction of sp³-hybridized carbons (Fsp3) is 0.0769. The second-order valence-electron chi connectivity index (χ2n) is 3.72. The van der Waals surface area contributed by atoms with Gasteiger partial charge in [-0.05, 0) is 30.7 Å². The molecule has 0 aliphatic heterocycles. The van der Waals surface area contributed by atoms with Gasteiger partial charge < -0.3 is 5.32 Å². The van der Waals surface area contributed by atoms with Gasteiger partial charge in [-0.15, -0.1) is 0 Å². The summed E-state index contributed by atoms with van der Waals surface area (Å²) in [5.74, 6) is -2.22. The number of anilines is 2. The van der Waals surface area contributed by atoms with Gasteiger partial charge in [-0.2, -0.15) is 5.26 Å². The zero-order valence-corrected chi connectivity index (χ0v) is 9.54. The maximum absolute atomic E-state index is 13.7. The van der Waals surface area contributed by atoms with Gasteiger partial charge in [0.25, 0.3) is 0 Å². The van der Waals surface area contributed by atoms with Crippen molar-refractivity contribution in [1.82, 2.24) is 4.98 Å². The lowest BCUT2D eigenvalue weighted by Crippen LogP contribution is -2.00. The Morgan fingerprint density at radius 2 is 1.94 bits per heavy atom. The number of aromatic nitrogens is 1. The normalized spacial score (nSPS) is 9.89. The van der Waals surface area contributed by atoms with Crippen molar-refractivity contribution in [1.29, 1.82) is 5.26 Å². The second-order valence-corrected chi connectivity index (χ2v) is 3.72. The summed E-state index contributed by atoms with van der Waals surface area (Å²) >= 11 is 0. The molecule has 0 radical (unpaired) electrons. The first-order valence-corrected chi connectivity index (χ1v) is 5.19. The topological polar surface area (TPSA) is 48.7 Å². The molecule has 0 amide bonds. The van der Waals surface area contributed by atoms with Gasteiger partial charge in [0.15, 0.2) is 11.6 Å². The maximum Gasteiger partial charge on any atom is 0.183 e. The van der Waals surface area contributed by atoms with Crippen LogP contribution < -0.4 is 5.32 Å². The smallest absolute Gasteiger partial charge is 0.183 e. The van der Waals surface area contributed by atoms with E-state index < -0.39 is 11.6 Å². The van der Waals surface area contributed by atoms with E-state index >= 15 is 0 Å². The number of nitrogens with one attached hydrogen (secondary N) is 1. The third-order valence-corrected chi connectivity index (χ3v) is 2.51. The fourth-order valence-electron chi connectivity index (χ4n) is 1.47. The minimum Gasteiger partial charge on any atom is -0.352 e. The molecule has 90 valence electrons. The molecule has 0 spiro atoms. The van der Waals surface area contributed by atoms with Crippen LogP contribution in [0.2, 0.25) is 0 Å². The van der Waals surface area contributed by atoms with Crippen molar-refractivity contribution in [3.05, 3.63) is 53.4 Å². The van der Waals surface area contributed by atoms with Gasteiger partial charge in [-0.3, -0.25) is 4.98 Å². The lowest BCUT2D eigenvalue weighted by Gasteiger charge is -2.10. The van der Waals surface area contributed by atoms with Gasteiger partial charge in [-0.1, -0.05) is 0 Å². The Kier molecular flexibility index (Phi) is 3.20. The Hall–Kier alpha value is -2.48. The molecule has 0 saturated carbocycles. The molecule has 0 fully saturated rings. The predicted octanol–water partition coefficient (Wildman–Crippen LogP) is 3.28. The Morgan fingerprint density at radius 1 is 1.17 bits per heavy atom. The van der Waals surface area contributed by atoms with Crippen molar-refractivity contribution in [3.8, 4) is 6.07 Å². The number of hydrogen-bond donors (Lipinski definition) is 1. The number of nitrogens with zero attached hydrogens (tertiary/aromatic N) is 2. The van der Waals surface area contributed by atoms with Crippen LogP contribution >= 0.6 is 0 Å². The molecule has 3 nitrogen and oxygen atoms in total. The van der Waals surface area contributed by atoms with E-state index in [2.05, 4.69) is 10.3 Å². The van der Waals surface area contributed by atoms with Crippen LogP contribution in [0, 0.1) is 29.9 Å². The lowest BCUT2D eigenvalue weighted by molar-refractivity contribution is 0.509. The molecule has 1 aromatic heterocycles. The average molecular weight is 245 g/mol. The van der Waals surface area contributed by atoms with Crippen LogP contribution in [0.25, 0.3) is 0 Å². The van der Waals surface area contributed by atoms with E-state index in [1.165, 1.54) is 18.3 Å². The molecule has 5 heteroatoms. The SMILES string of the molecule is Cc1ccncc1Nc1ccc(C#N)c(F)c1F. The Morgan fingerprint density at radius 3 is 2.61 bits per heavy atom. The zero-order chi connectivity index (χ0) is 13.1. The van der Waals surface area contributed by atoms with Gasteiger partial charge in [0.05, 0.1) is 23.1 Å². The maximum atomic E-state index is 13.7. The molecular formula is C13H9F2N3. The molecular weight excluding hydrogens is 236 g/mol. The number of nitriles is 1. The molecule has 2 rings (SSSR count). The number of pyridine rings is 1. The van der Waals surface area contributed by atoms with Crippen LogP contribution in [0.5, 0.6) is 0 Å². The highest BCUT2D eigenvalue weighted by Crippen LogP contribution is 2.24. The standard InChI is InChI=1S/C13H9F2N3/c1-8-4-5-17-7-11(8)18-10-3-2-9(6-16)12(14)13(10)15/h2-5,7,18H,1H3. The molecule has 1 aromatic carbocycles. The number of hydrogen-bond acceptors (Lipinski definition) is 3. The first-order valence-electron chi connectivity index (χ1n) is 5.19. The Labute approximate surface area is 103 Å². The van der Waals surface area contributed by atoms with E-state index in [0.717, 1.165) is 5.56 Å². The average Bonchev–Trinajstić information content (AvgIpc) is 2.38. The van der Waals surface area contributed by atoms with Crippen molar-refractivity contribution < 1.29 is 8.78 Å². The highest BCUT2D eigenvalue weighted by Gasteiger charge is 2.13. The minimum absolute atomic E-state index is 0.0254. The molecule has 0 aliphatic carbocycles. The third-order valence-electron chi connectivity index (χ3n) is 2.51. The summed E-state index contributed by atoms with van der Waals surface area (Å²) in [4.78, 5) is 3.90. The van der Waals surface area contributed by atoms with Crippen LogP contribution in [0.15, 0.2) is 30.6 Å². The quantitative estimate of drug-likeness (QED) is 0.883. The number of aryl methyl sites for hydroxylation is 1. The molecule has 0 unspecified atom stereocenters. The van der Waals surface area contributed by atoms with Crippen LogP contribution in [-0.2, 0) is 0 Å². The molecule has 1 heterocycles. The molecule has 0 aliphatic rings. The minimum atomic E-state index is -1.15. The van der Waals surface area contributed by atoms with Crippen molar-refractivity contribution in [2.75, 3.05) is 5.32 Å². The molecule has 0 saturated heterocycles. The summed E-state index contributed by atoms with van der Waals surface area (Å²) in [7, 11) is 0. The fourth-order valence-corrected chi connectivity index (χ4v) is 1.47. The number of halogens is 2. The summed E-state index contributed by atoms with van der Waals surface area (Å²) in [6, 6.07) is 5.89. The van der Waals surface area contributed by atoms with E-state index in [-0.39, 0.29) is 11.3 Å². The van der Waals surface area contributed by atoms with E-state index in [1.807, 2.05) is 6.92 Å². The third kappa shape index (κ3) is 2.13. The lowest BCUT2D eigenvalue weighted by atomic mass is 10.2. The highest BCUT2D eigenvalue weighted by molar-refractivity contribution is 5.63. The number of rotatable bonds is 2. The first-order chi connectivity index (χ1) is 8.63. The summed E-state index contributed by atoms with van der Waals surface area (Å²) in [6.07, 6.45) is 3.13. The van der Waals surface area contributed by atoms with Gasteiger partial charge >= 0.3 is 0 Å². The second kappa shape index (κ2) is 4.80. The number of benzene rings is 1. The van der Waals surface area contributed by atoms with Crippen LogP contribution in [0.4, 0.5) is 20.2 Å². The zero-order valence-electron chi connectivity index (χ0n) is 9.54. The molecule has 2 aromatic rings. The Bertz CT molecular complexity index is 633.